The summed E-state index contributed by atoms with van der Waals surface area (Å²) in [6, 6.07) is 15.9. The number of hydrogen-bond acceptors (Lipinski definition) is 4. The number of nitrogens with one attached hydrogen (secondary N) is 1. The summed E-state index contributed by atoms with van der Waals surface area (Å²) in [6.45, 7) is 3.32. The number of nitrogens with zero attached hydrogens (tertiary/aromatic N) is 3. The van der Waals surface area contributed by atoms with E-state index in [-0.39, 0.29) is 11.8 Å². The van der Waals surface area contributed by atoms with Crippen molar-refractivity contribution in [1.82, 2.24) is 15.2 Å². The van der Waals surface area contributed by atoms with Crippen LogP contribution in [-0.2, 0) is 16.0 Å². The van der Waals surface area contributed by atoms with Gasteiger partial charge in [-0.15, -0.1) is 0 Å². The SMILES string of the molecule is O=C(NCCc1ccccc1)C1(C(=O)N2CCN(c3ccccn3)CC2)CC1. The van der Waals surface area contributed by atoms with Crippen LogP contribution in [0.2, 0.25) is 0 Å². The maximum absolute atomic E-state index is 13.0. The quantitative estimate of drug-likeness (QED) is 0.780. The fraction of sp³-hybridized carbons (Fsp3) is 0.409. The first-order valence-corrected chi connectivity index (χ1v) is 9.97. The van der Waals surface area contributed by atoms with Gasteiger partial charge in [0.05, 0.1) is 0 Å². The Bertz CT molecular complexity index is 813. The van der Waals surface area contributed by atoms with Crippen molar-refractivity contribution in [2.24, 2.45) is 5.41 Å². The van der Waals surface area contributed by atoms with Gasteiger partial charge in [0.1, 0.15) is 11.2 Å². The number of rotatable bonds is 6. The first kappa shape index (κ1) is 18.5. The van der Waals surface area contributed by atoms with Crippen molar-refractivity contribution in [2.45, 2.75) is 19.3 Å². The van der Waals surface area contributed by atoms with Gasteiger partial charge in [0, 0.05) is 38.9 Å². The summed E-state index contributed by atoms with van der Waals surface area (Å²) in [6.07, 6.45) is 3.87. The molecule has 6 nitrogen and oxygen atoms in total. The molecule has 1 saturated carbocycles. The van der Waals surface area contributed by atoms with Crippen molar-refractivity contribution in [3.8, 4) is 0 Å². The van der Waals surface area contributed by atoms with Gasteiger partial charge in [-0.05, 0) is 37.0 Å². The largest absolute Gasteiger partial charge is 0.355 e. The van der Waals surface area contributed by atoms with E-state index in [9.17, 15) is 9.59 Å². The number of aromatic nitrogens is 1. The molecule has 1 saturated heterocycles. The van der Waals surface area contributed by atoms with Gasteiger partial charge < -0.3 is 15.1 Å². The maximum atomic E-state index is 13.0. The molecule has 1 aromatic heterocycles. The van der Waals surface area contributed by atoms with E-state index in [0.717, 1.165) is 25.3 Å². The number of carbonyl (C=O) groups is 2. The van der Waals surface area contributed by atoms with Gasteiger partial charge in [0.15, 0.2) is 0 Å². The number of carbonyl (C=O) groups excluding carboxylic acids is 2. The summed E-state index contributed by atoms with van der Waals surface area (Å²) in [4.78, 5) is 34.2. The molecule has 0 radical (unpaired) electrons. The summed E-state index contributed by atoms with van der Waals surface area (Å²) >= 11 is 0. The zero-order chi connectivity index (χ0) is 19.4. The third kappa shape index (κ3) is 3.86. The molecule has 1 aromatic carbocycles. The summed E-state index contributed by atoms with van der Waals surface area (Å²) in [5.41, 5.74) is 0.355. The molecular weight excluding hydrogens is 352 g/mol. The van der Waals surface area contributed by atoms with Crippen LogP contribution in [0, 0.1) is 5.41 Å². The van der Waals surface area contributed by atoms with Gasteiger partial charge in [0.25, 0.3) is 0 Å². The van der Waals surface area contributed by atoms with Crippen molar-refractivity contribution < 1.29 is 9.59 Å². The van der Waals surface area contributed by atoms with Crippen LogP contribution in [0.5, 0.6) is 0 Å². The molecule has 4 rings (SSSR count). The molecule has 2 heterocycles. The Balaban J connectivity index is 1.28. The Hall–Kier alpha value is -2.89. The Morgan fingerprint density at radius 3 is 2.32 bits per heavy atom. The van der Waals surface area contributed by atoms with Crippen molar-refractivity contribution in [1.29, 1.82) is 0 Å². The van der Waals surface area contributed by atoms with Crippen molar-refractivity contribution in [3.05, 3.63) is 60.3 Å². The van der Waals surface area contributed by atoms with Crippen LogP contribution in [0.15, 0.2) is 54.7 Å². The summed E-state index contributed by atoms with van der Waals surface area (Å²) in [7, 11) is 0. The first-order valence-electron chi connectivity index (χ1n) is 9.97. The summed E-state index contributed by atoms with van der Waals surface area (Å²) in [5.74, 6) is 0.820. The fourth-order valence-corrected chi connectivity index (χ4v) is 3.78. The molecule has 28 heavy (non-hydrogen) atoms. The standard InChI is InChI=1S/C22H26N4O2/c27-20(24-13-9-18-6-2-1-3-7-18)22(10-11-22)21(28)26-16-14-25(15-17-26)19-8-4-5-12-23-19/h1-8,12H,9-11,13-17H2,(H,24,27). The number of anilines is 1. The number of pyridine rings is 1. The first-order chi connectivity index (χ1) is 13.7. The highest BCUT2D eigenvalue weighted by Gasteiger charge is 2.58. The zero-order valence-electron chi connectivity index (χ0n) is 16.0. The smallest absolute Gasteiger partial charge is 0.238 e. The third-order valence-corrected chi connectivity index (χ3v) is 5.68. The number of hydrogen-bond donors (Lipinski definition) is 1. The van der Waals surface area contributed by atoms with Crippen LogP contribution in [-0.4, -0.2) is 54.4 Å². The lowest BCUT2D eigenvalue weighted by Crippen LogP contribution is -2.53. The Labute approximate surface area is 165 Å². The van der Waals surface area contributed by atoms with Gasteiger partial charge in [0.2, 0.25) is 11.8 Å². The number of piperazine rings is 1. The average molecular weight is 378 g/mol. The van der Waals surface area contributed by atoms with Crippen molar-refractivity contribution in [2.75, 3.05) is 37.6 Å². The van der Waals surface area contributed by atoms with E-state index in [2.05, 4.69) is 15.2 Å². The lowest BCUT2D eigenvalue weighted by Gasteiger charge is -2.36. The molecule has 2 amide bonds. The monoisotopic (exact) mass is 378 g/mol. The molecule has 2 aliphatic rings. The molecule has 146 valence electrons. The van der Waals surface area contributed by atoms with E-state index in [1.54, 1.807) is 6.20 Å². The zero-order valence-corrected chi connectivity index (χ0v) is 16.0. The predicted molar refractivity (Wildman–Crippen MR) is 108 cm³/mol. The van der Waals surface area contributed by atoms with Crippen LogP contribution in [0.3, 0.4) is 0 Å². The van der Waals surface area contributed by atoms with E-state index in [4.69, 9.17) is 0 Å². The summed E-state index contributed by atoms with van der Waals surface area (Å²) in [5, 5.41) is 2.98. The molecular formula is C22H26N4O2. The van der Waals surface area contributed by atoms with Gasteiger partial charge in [-0.2, -0.15) is 0 Å². The Morgan fingerprint density at radius 1 is 0.964 bits per heavy atom. The molecule has 1 N–H and O–H groups in total. The molecule has 0 bridgehead atoms. The van der Waals surface area contributed by atoms with E-state index >= 15 is 0 Å². The van der Waals surface area contributed by atoms with E-state index < -0.39 is 5.41 Å². The summed E-state index contributed by atoms with van der Waals surface area (Å²) < 4.78 is 0. The number of benzene rings is 1. The fourth-order valence-electron chi connectivity index (χ4n) is 3.78. The van der Waals surface area contributed by atoms with Crippen LogP contribution in [0.1, 0.15) is 18.4 Å². The van der Waals surface area contributed by atoms with Crippen LogP contribution in [0.25, 0.3) is 0 Å². The molecule has 2 aromatic rings. The molecule has 0 unspecified atom stereocenters. The maximum Gasteiger partial charge on any atom is 0.238 e. The molecule has 1 aliphatic heterocycles. The lowest BCUT2D eigenvalue weighted by molar-refractivity contribution is -0.144. The van der Waals surface area contributed by atoms with Crippen molar-refractivity contribution >= 4 is 17.6 Å². The molecule has 2 fully saturated rings. The second-order valence-corrected chi connectivity index (χ2v) is 7.54. The molecule has 6 heteroatoms. The van der Waals surface area contributed by atoms with Crippen LogP contribution < -0.4 is 10.2 Å². The highest BCUT2D eigenvalue weighted by atomic mass is 16.2. The van der Waals surface area contributed by atoms with Gasteiger partial charge in [-0.1, -0.05) is 36.4 Å². The van der Waals surface area contributed by atoms with Gasteiger partial charge in [-0.25, -0.2) is 4.98 Å². The normalized spacial score (nSPS) is 17.9. The minimum Gasteiger partial charge on any atom is -0.355 e. The second kappa shape index (κ2) is 8.00. The molecule has 0 atom stereocenters. The van der Waals surface area contributed by atoms with E-state index in [1.807, 2.05) is 53.4 Å². The second-order valence-electron chi connectivity index (χ2n) is 7.54. The molecule has 1 aliphatic carbocycles. The third-order valence-electron chi connectivity index (χ3n) is 5.68. The Morgan fingerprint density at radius 2 is 1.68 bits per heavy atom. The van der Waals surface area contributed by atoms with Gasteiger partial charge >= 0.3 is 0 Å². The average Bonchev–Trinajstić information content (AvgIpc) is 3.57. The number of amides is 2. The van der Waals surface area contributed by atoms with E-state index in [1.165, 1.54) is 5.56 Å². The van der Waals surface area contributed by atoms with Crippen LogP contribution in [0.4, 0.5) is 5.82 Å². The predicted octanol–water partition coefficient (Wildman–Crippen LogP) is 1.87. The minimum atomic E-state index is -0.830. The topological polar surface area (TPSA) is 65.5 Å². The van der Waals surface area contributed by atoms with Crippen LogP contribution >= 0.6 is 0 Å². The lowest BCUT2D eigenvalue weighted by atomic mass is 10.0. The highest BCUT2D eigenvalue weighted by Crippen LogP contribution is 2.47. The van der Waals surface area contributed by atoms with Crippen molar-refractivity contribution in [3.63, 3.8) is 0 Å². The minimum absolute atomic E-state index is 0.00891. The van der Waals surface area contributed by atoms with E-state index in [0.29, 0.717) is 32.5 Å². The van der Waals surface area contributed by atoms with Gasteiger partial charge in [-0.3, -0.25) is 9.59 Å². The highest BCUT2D eigenvalue weighted by molar-refractivity contribution is 6.07. The molecule has 0 spiro atoms. The Kier molecular flexibility index (Phi) is 5.28.